The molecule has 0 atom stereocenters. The average molecular weight is 332 g/mol. The molecule has 0 radical (unpaired) electrons. The first-order chi connectivity index (χ1) is 12.1. The zero-order valence-electron chi connectivity index (χ0n) is 13.6. The Morgan fingerprint density at radius 3 is 2.84 bits per heavy atom. The van der Waals surface area contributed by atoms with Gasteiger partial charge in [0.25, 0.3) is 0 Å². The number of phenolic OH excluding ortho intramolecular Hbond substituents is 1. The summed E-state index contributed by atoms with van der Waals surface area (Å²) in [5.41, 5.74) is 2.69. The summed E-state index contributed by atoms with van der Waals surface area (Å²) < 4.78 is 7.23. The van der Waals surface area contributed by atoms with Gasteiger partial charge in [-0.2, -0.15) is 0 Å². The number of aromatic nitrogens is 2. The molecule has 4 rings (SSSR count). The number of fused-ring (bicyclic) bond motifs is 2. The van der Waals surface area contributed by atoms with Crippen molar-refractivity contribution in [3.05, 3.63) is 77.7 Å². The van der Waals surface area contributed by atoms with Crippen LogP contribution in [0.5, 0.6) is 5.75 Å². The maximum Gasteiger partial charge on any atom is 0.342 e. The van der Waals surface area contributed by atoms with Gasteiger partial charge in [0.1, 0.15) is 23.6 Å². The molecule has 0 amide bonds. The number of aromatic hydroxyl groups is 1. The van der Waals surface area contributed by atoms with Crippen LogP contribution in [0.2, 0.25) is 0 Å². The normalized spacial score (nSPS) is 11.1. The van der Waals surface area contributed by atoms with E-state index in [0.717, 1.165) is 16.6 Å². The van der Waals surface area contributed by atoms with Crippen LogP contribution in [-0.4, -0.2) is 20.5 Å². The molecule has 124 valence electrons. The Balaban J connectivity index is 1.57. The van der Waals surface area contributed by atoms with E-state index in [4.69, 9.17) is 4.74 Å². The van der Waals surface area contributed by atoms with Crippen molar-refractivity contribution in [3.8, 4) is 5.75 Å². The number of carbonyl (C=O) groups excluding carboxylic acids is 1. The monoisotopic (exact) mass is 332 g/mol. The van der Waals surface area contributed by atoms with E-state index in [2.05, 4.69) is 4.98 Å². The molecule has 0 unspecified atom stereocenters. The van der Waals surface area contributed by atoms with Crippen molar-refractivity contribution >= 4 is 22.4 Å². The fourth-order valence-corrected chi connectivity index (χ4v) is 2.91. The quantitative estimate of drug-likeness (QED) is 0.579. The minimum atomic E-state index is -0.572. The van der Waals surface area contributed by atoms with E-state index < -0.39 is 5.97 Å². The topological polar surface area (TPSA) is 63.8 Å². The summed E-state index contributed by atoms with van der Waals surface area (Å²) in [6.45, 7) is 2.03. The molecule has 0 aliphatic heterocycles. The van der Waals surface area contributed by atoms with E-state index in [-0.39, 0.29) is 17.9 Å². The number of esters is 1. The Bertz CT molecular complexity index is 1100. The third kappa shape index (κ3) is 2.70. The molecule has 0 saturated carbocycles. The number of aryl methyl sites for hydroxylation is 1. The van der Waals surface area contributed by atoms with Crippen molar-refractivity contribution in [2.24, 2.45) is 0 Å². The molecule has 1 N–H and O–H groups in total. The van der Waals surface area contributed by atoms with Gasteiger partial charge in [-0.25, -0.2) is 9.78 Å². The Hall–Kier alpha value is -3.34. The SMILES string of the molecule is Cc1cccn2cc(COC(=O)c3ccc4ccccc4c3O)nc12. The van der Waals surface area contributed by atoms with Crippen LogP contribution in [-0.2, 0) is 11.3 Å². The summed E-state index contributed by atoms with van der Waals surface area (Å²) in [7, 11) is 0. The molecule has 0 saturated heterocycles. The van der Waals surface area contributed by atoms with Gasteiger partial charge in [0.15, 0.2) is 0 Å². The van der Waals surface area contributed by atoms with Crippen molar-refractivity contribution in [1.82, 2.24) is 9.38 Å². The second-order valence-corrected chi connectivity index (χ2v) is 5.91. The van der Waals surface area contributed by atoms with Gasteiger partial charge in [-0.1, -0.05) is 36.4 Å². The van der Waals surface area contributed by atoms with Gasteiger partial charge >= 0.3 is 5.97 Å². The van der Waals surface area contributed by atoms with Crippen LogP contribution < -0.4 is 0 Å². The number of hydrogen-bond donors (Lipinski definition) is 1. The standard InChI is InChI=1S/C20H16N2O3/c1-13-5-4-10-22-11-15(21-19(13)22)12-25-20(24)17-9-8-14-6-2-3-7-16(14)18(17)23/h2-11,23H,12H2,1H3. The molecule has 25 heavy (non-hydrogen) atoms. The van der Waals surface area contributed by atoms with Crippen LogP contribution in [0.25, 0.3) is 16.4 Å². The van der Waals surface area contributed by atoms with Crippen LogP contribution in [0.3, 0.4) is 0 Å². The van der Waals surface area contributed by atoms with Gasteiger partial charge in [0.05, 0.1) is 5.69 Å². The Labute approximate surface area is 144 Å². The van der Waals surface area contributed by atoms with E-state index in [0.29, 0.717) is 11.1 Å². The number of hydrogen-bond acceptors (Lipinski definition) is 4. The first-order valence-corrected chi connectivity index (χ1v) is 7.94. The maximum atomic E-state index is 12.3. The molecule has 0 aliphatic rings. The molecule has 5 heteroatoms. The fraction of sp³-hybridized carbons (Fsp3) is 0.100. The molecule has 2 aromatic heterocycles. The number of rotatable bonds is 3. The van der Waals surface area contributed by atoms with Gasteiger partial charge in [0.2, 0.25) is 0 Å². The first kappa shape index (κ1) is 15.2. The summed E-state index contributed by atoms with van der Waals surface area (Å²) in [5.74, 6) is -0.633. The highest BCUT2D eigenvalue weighted by Crippen LogP contribution is 2.29. The lowest BCUT2D eigenvalue weighted by atomic mass is 10.1. The van der Waals surface area contributed by atoms with Crippen molar-refractivity contribution in [3.63, 3.8) is 0 Å². The largest absolute Gasteiger partial charge is 0.506 e. The van der Waals surface area contributed by atoms with Gasteiger partial charge in [0, 0.05) is 17.8 Å². The van der Waals surface area contributed by atoms with E-state index in [1.807, 2.05) is 54.0 Å². The highest BCUT2D eigenvalue weighted by Gasteiger charge is 2.16. The van der Waals surface area contributed by atoms with E-state index in [9.17, 15) is 9.90 Å². The van der Waals surface area contributed by atoms with Crippen LogP contribution >= 0.6 is 0 Å². The second-order valence-electron chi connectivity index (χ2n) is 5.91. The fourth-order valence-electron chi connectivity index (χ4n) is 2.91. The van der Waals surface area contributed by atoms with E-state index in [1.54, 1.807) is 18.2 Å². The molecular weight excluding hydrogens is 316 g/mol. The third-order valence-electron chi connectivity index (χ3n) is 4.20. The Morgan fingerprint density at radius 2 is 2.00 bits per heavy atom. The van der Waals surface area contributed by atoms with Gasteiger partial charge in [-0.3, -0.25) is 0 Å². The predicted molar refractivity (Wildman–Crippen MR) is 94.7 cm³/mol. The van der Waals surface area contributed by atoms with E-state index in [1.165, 1.54) is 0 Å². The van der Waals surface area contributed by atoms with Crippen LogP contribution in [0, 0.1) is 6.92 Å². The highest BCUT2D eigenvalue weighted by molar-refractivity contribution is 6.01. The van der Waals surface area contributed by atoms with Crippen molar-refractivity contribution in [2.45, 2.75) is 13.5 Å². The summed E-state index contributed by atoms with van der Waals surface area (Å²) in [6, 6.07) is 14.6. The Kier molecular flexibility index (Phi) is 3.61. The van der Waals surface area contributed by atoms with Gasteiger partial charge in [-0.15, -0.1) is 0 Å². The number of ether oxygens (including phenoxy) is 1. The molecule has 2 heterocycles. The van der Waals surface area contributed by atoms with Crippen LogP contribution in [0.15, 0.2) is 60.9 Å². The van der Waals surface area contributed by atoms with Crippen molar-refractivity contribution in [1.29, 1.82) is 0 Å². The highest BCUT2D eigenvalue weighted by atomic mass is 16.5. The summed E-state index contributed by atoms with van der Waals surface area (Å²) in [4.78, 5) is 16.8. The molecule has 0 bridgehead atoms. The van der Waals surface area contributed by atoms with Crippen molar-refractivity contribution < 1.29 is 14.6 Å². The molecule has 2 aromatic carbocycles. The molecule has 4 aromatic rings. The number of benzene rings is 2. The lowest BCUT2D eigenvalue weighted by Gasteiger charge is -2.07. The zero-order chi connectivity index (χ0) is 17.4. The first-order valence-electron chi connectivity index (χ1n) is 7.94. The molecule has 5 nitrogen and oxygen atoms in total. The van der Waals surface area contributed by atoms with Crippen molar-refractivity contribution in [2.75, 3.05) is 0 Å². The predicted octanol–water partition coefficient (Wildman–Crippen LogP) is 3.86. The molecular formula is C20H16N2O3. The average Bonchev–Trinajstić information content (AvgIpc) is 3.05. The number of nitrogens with zero attached hydrogens (tertiary/aromatic N) is 2. The molecule has 0 aliphatic carbocycles. The number of imidazole rings is 1. The lowest BCUT2D eigenvalue weighted by molar-refractivity contribution is 0.0465. The lowest BCUT2D eigenvalue weighted by Crippen LogP contribution is -2.06. The number of pyridine rings is 1. The number of carbonyl (C=O) groups is 1. The minimum Gasteiger partial charge on any atom is -0.506 e. The second kappa shape index (κ2) is 5.94. The number of phenols is 1. The third-order valence-corrected chi connectivity index (χ3v) is 4.20. The maximum absolute atomic E-state index is 12.3. The molecule has 0 spiro atoms. The summed E-state index contributed by atoms with van der Waals surface area (Å²) in [5, 5.41) is 11.8. The summed E-state index contributed by atoms with van der Waals surface area (Å²) in [6.07, 6.45) is 3.73. The van der Waals surface area contributed by atoms with Gasteiger partial charge in [-0.05, 0) is 30.0 Å². The van der Waals surface area contributed by atoms with Crippen LogP contribution in [0.4, 0.5) is 0 Å². The van der Waals surface area contributed by atoms with Gasteiger partial charge < -0.3 is 14.2 Å². The zero-order valence-corrected chi connectivity index (χ0v) is 13.6. The smallest absolute Gasteiger partial charge is 0.342 e. The minimum absolute atomic E-state index is 0.0478. The van der Waals surface area contributed by atoms with Crippen LogP contribution in [0.1, 0.15) is 21.6 Å². The Morgan fingerprint density at radius 1 is 1.16 bits per heavy atom. The van der Waals surface area contributed by atoms with E-state index >= 15 is 0 Å². The molecule has 0 fully saturated rings. The summed E-state index contributed by atoms with van der Waals surface area (Å²) >= 11 is 0.